The fraction of sp³-hybridized carbons (Fsp3) is 0.0357. The molecule has 2 atom stereocenters. The van der Waals surface area contributed by atoms with Crippen molar-refractivity contribution < 1.29 is 4.74 Å². The first-order chi connectivity index (χ1) is 29.3. The summed E-state index contributed by atoms with van der Waals surface area (Å²) in [6.07, 6.45) is 6.86. The van der Waals surface area contributed by atoms with Gasteiger partial charge in [0.2, 0.25) is 0 Å². The molecule has 9 aromatic carbocycles. The van der Waals surface area contributed by atoms with Gasteiger partial charge in [-0.3, -0.25) is 0 Å². The first-order valence-electron chi connectivity index (χ1n) is 20.5. The van der Waals surface area contributed by atoms with Crippen LogP contribution in [-0.4, -0.2) is 15.2 Å². The second-order valence-corrected chi connectivity index (χ2v) is 16.0. The molecule has 0 bridgehead atoms. The molecule has 0 radical (unpaired) electrons. The lowest BCUT2D eigenvalue weighted by atomic mass is 9.83. The molecule has 11 aromatic rings. The maximum atomic E-state index is 7.24. The fourth-order valence-electron chi connectivity index (χ4n) is 10.2. The Kier molecular flexibility index (Phi) is 6.84. The molecule has 0 saturated carbocycles. The summed E-state index contributed by atoms with van der Waals surface area (Å²) in [5.41, 5.74) is 13.2. The average Bonchev–Trinajstić information content (AvgIpc) is 3.81. The van der Waals surface area contributed by atoms with E-state index < -0.39 is 0 Å². The molecule has 276 valence electrons. The molecule has 1 aliphatic carbocycles. The molecule has 0 N–H and O–H groups in total. The lowest BCUT2D eigenvalue weighted by molar-refractivity contribution is 0.228. The number of ether oxygens (including phenoxy) is 1. The van der Waals surface area contributed by atoms with Crippen molar-refractivity contribution in [2.75, 3.05) is 0 Å². The van der Waals surface area contributed by atoms with E-state index in [0.29, 0.717) is 0 Å². The summed E-state index contributed by atoms with van der Waals surface area (Å²) in [4.78, 5) is 0. The third-order valence-corrected chi connectivity index (χ3v) is 12.8. The van der Waals surface area contributed by atoms with Crippen LogP contribution in [0.25, 0.3) is 98.8 Å². The van der Waals surface area contributed by atoms with Crippen LogP contribution in [0.5, 0.6) is 5.75 Å². The Morgan fingerprint density at radius 2 is 1.02 bits per heavy atom. The quantitative estimate of drug-likeness (QED) is 0.175. The Hall–Kier alpha value is -7.62. The zero-order valence-corrected chi connectivity index (χ0v) is 32.1. The van der Waals surface area contributed by atoms with E-state index in [1.54, 1.807) is 0 Å². The smallest absolute Gasteiger partial charge is 0.130 e. The largest absolute Gasteiger partial charge is 0.485 e. The summed E-state index contributed by atoms with van der Waals surface area (Å²) < 4.78 is 12.1. The number of para-hydroxylation sites is 1. The van der Waals surface area contributed by atoms with Crippen molar-refractivity contribution in [2.45, 2.75) is 12.0 Å². The summed E-state index contributed by atoms with van der Waals surface area (Å²) in [7, 11) is 0. The maximum absolute atomic E-state index is 7.24. The van der Waals surface area contributed by atoms with Gasteiger partial charge < -0.3 is 13.9 Å². The van der Waals surface area contributed by atoms with E-state index in [1.807, 2.05) is 0 Å². The van der Waals surface area contributed by atoms with E-state index in [-0.39, 0.29) is 12.0 Å². The van der Waals surface area contributed by atoms with Gasteiger partial charge in [0, 0.05) is 50.0 Å². The Balaban J connectivity index is 1.00. The fourth-order valence-corrected chi connectivity index (χ4v) is 10.2. The van der Waals surface area contributed by atoms with Gasteiger partial charge in [0.25, 0.3) is 0 Å². The summed E-state index contributed by atoms with van der Waals surface area (Å²) in [6, 6.07) is 68.5. The third-order valence-electron chi connectivity index (χ3n) is 12.8. The molecule has 3 heterocycles. The van der Waals surface area contributed by atoms with Crippen LogP contribution in [0, 0.1) is 0 Å². The maximum Gasteiger partial charge on any atom is 0.130 e. The lowest BCUT2D eigenvalue weighted by Gasteiger charge is -2.34. The van der Waals surface area contributed by atoms with Crippen molar-refractivity contribution in [1.29, 1.82) is 0 Å². The van der Waals surface area contributed by atoms with Gasteiger partial charge in [-0.2, -0.15) is 0 Å². The zero-order valence-electron chi connectivity index (χ0n) is 32.1. The van der Waals surface area contributed by atoms with Gasteiger partial charge >= 0.3 is 0 Å². The average molecular weight is 753 g/mol. The van der Waals surface area contributed by atoms with E-state index in [4.69, 9.17) is 4.74 Å². The molecule has 0 amide bonds. The van der Waals surface area contributed by atoms with Gasteiger partial charge in [-0.05, 0) is 87.1 Å². The zero-order chi connectivity index (χ0) is 38.6. The highest BCUT2D eigenvalue weighted by Gasteiger charge is 2.34. The standard InChI is InChI=1S/C56H36N2O/c1-3-13-35(14-4-1)38-25-29-50-46(31-38)47-32-39(36-15-5-2-6-16-36)26-30-51(47)57(50)40-27-28-42-43-21-12-22-45-55-44-20-9-10-23-49(44)58(48-24-11-18-37-17-7-8-19-41(37)48)52(55)34-54(56(43)45)59-53(42)33-40/h1-34,42,53H. The molecule has 59 heavy (non-hydrogen) atoms. The molecule has 3 nitrogen and oxygen atoms in total. The van der Waals surface area contributed by atoms with E-state index in [9.17, 15) is 0 Å². The second kappa shape index (κ2) is 12.4. The number of rotatable bonds is 4. The second-order valence-electron chi connectivity index (χ2n) is 16.0. The van der Waals surface area contributed by atoms with Crippen molar-refractivity contribution in [3.8, 4) is 33.7 Å². The number of hydrogen-bond acceptors (Lipinski definition) is 1. The molecular formula is C56H36N2O. The summed E-state index contributed by atoms with van der Waals surface area (Å²) >= 11 is 0. The molecule has 13 rings (SSSR count). The lowest BCUT2D eigenvalue weighted by Crippen LogP contribution is -2.28. The predicted molar refractivity (Wildman–Crippen MR) is 247 cm³/mol. The van der Waals surface area contributed by atoms with Crippen LogP contribution >= 0.6 is 0 Å². The molecular weight excluding hydrogens is 717 g/mol. The highest BCUT2D eigenvalue weighted by molar-refractivity contribution is 6.24. The molecule has 2 aliphatic rings. The molecule has 2 aromatic heterocycles. The number of nitrogens with zero attached hydrogens (tertiary/aromatic N) is 2. The number of hydrogen-bond donors (Lipinski definition) is 0. The predicted octanol–water partition coefficient (Wildman–Crippen LogP) is 14.5. The first kappa shape index (κ1) is 32.5. The van der Waals surface area contributed by atoms with E-state index in [0.717, 1.165) is 17.0 Å². The minimum atomic E-state index is -0.180. The van der Waals surface area contributed by atoms with Crippen LogP contribution in [0.1, 0.15) is 11.5 Å². The van der Waals surface area contributed by atoms with Crippen molar-refractivity contribution in [3.63, 3.8) is 0 Å². The number of benzene rings is 9. The molecule has 3 heteroatoms. The van der Waals surface area contributed by atoms with Gasteiger partial charge in [0.15, 0.2) is 0 Å². The van der Waals surface area contributed by atoms with Gasteiger partial charge in [0.1, 0.15) is 11.9 Å². The highest BCUT2D eigenvalue weighted by Crippen LogP contribution is 2.49. The first-order valence-corrected chi connectivity index (χ1v) is 20.5. The van der Waals surface area contributed by atoms with E-state index in [2.05, 4.69) is 215 Å². The normalized spacial score (nSPS) is 16.0. The third kappa shape index (κ3) is 4.76. The number of allylic oxidation sites excluding steroid dienone is 2. The van der Waals surface area contributed by atoms with Crippen LogP contribution in [0.3, 0.4) is 0 Å². The minimum Gasteiger partial charge on any atom is -0.485 e. The molecule has 0 fully saturated rings. The van der Waals surface area contributed by atoms with Gasteiger partial charge in [-0.1, -0.05) is 152 Å². The van der Waals surface area contributed by atoms with E-state index >= 15 is 0 Å². The van der Waals surface area contributed by atoms with Crippen LogP contribution in [-0.2, 0) is 0 Å². The molecule has 0 spiro atoms. The van der Waals surface area contributed by atoms with E-state index in [1.165, 1.54) is 93.1 Å². The summed E-state index contributed by atoms with van der Waals surface area (Å²) in [5.74, 6) is 1.02. The Labute approximate surface area is 341 Å². The van der Waals surface area contributed by atoms with Gasteiger partial charge in [0.05, 0.1) is 27.8 Å². The van der Waals surface area contributed by atoms with Crippen molar-refractivity contribution >= 4 is 70.9 Å². The molecule has 0 saturated heterocycles. The highest BCUT2D eigenvalue weighted by atomic mass is 16.5. The number of fused-ring (bicyclic) bond motifs is 10. The molecule has 2 unspecified atom stereocenters. The Morgan fingerprint density at radius 1 is 0.407 bits per heavy atom. The SMILES string of the molecule is C1=CC2c3cccc4c3c(cc3c4c4ccccc4n3-c3cccc4ccccc34)OC2C=C1n1c2ccc(-c3ccccc3)cc2c2cc(-c3ccccc3)ccc21. The van der Waals surface area contributed by atoms with Crippen LogP contribution in [0.2, 0.25) is 0 Å². The number of aromatic nitrogens is 2. The van der Waals surface area contributed by atoms with Crippen LogP contribution in [0.15, 0.2) is 206 Å². The van der Waals surface area contributed by atoms with Gasteiger partial charge in [-0.15, -0.1) is 0 Å². The Morgan fingerprint density at radius 3 is 1.76 bits per heavy atom. The van der Waals surface area contributed by atoms with Gasteiger partial charge in [-0.25, -0.2) is 0 Å². The topological polar surface area (TPSA) is 19.1 Å². The Bertz CT molecular complexity index is 3480. The molecule has 1 aliphatic heterocycles. The van der Waals surface area contributed by atoms with Crippen molar-refractivity contribution in [1.82, 2.24) is 9.13 Å². The summed E-state index contributed by atoms with van der Waals surface area (Å²) in [6.45, 7) is 0. The van der Waals surface area contributed by atoms with Crippen molar-refractivity contribution in [3.05, 3.63) is 212 Å². The summed E-state index contributed by atoms with van der Waals surface area (Å²) in [5, 5.41) is 9.88. The monoisotopic (exact) mass is 752 g/mol. The van der Waals surface area contributed by atoms with Crippen LogP contribution < -0.4 is 4.74 Å². The van der Waals surface area contributed by atoms with Crippen LogP contribution in [0.4, 0.5) is 0 Å². The minimum absolute atomic E-state index is 0.0845. The van der Waals surface area contributed by atoms with Crippen molar-refractivity contribution in [2.24, 2.45) is 0 Å².